The van der Waals surface area contributed by atoms with Crippen LogP contribution in [0.5, 0.6) is 0 Å². The topological polar surface area (TPSA) is 65.0 Å². The third kappa shape index (κ3) is 5.21. The van der Waals surface area contributed by atoms with Crippen molar-refractivity contribution in [3.05, 3.63) is 188 Å². The minimum absolute atomic E-state index is 0.586. The molecule has 0 fully saturated rings. The van der Waals surface area contributed by atoms with Gasteiger partial charge in [0.05, 0.1) is 0 Å². The summed E-state index contributed by atoms with van der Waals surface area (Å²) in [6.07, 6.45) is 0. The van der Waals surface area contributed by atoms with Crippen LogP contribution in [-0.2, 0) is 0 Å². The second kappa shape index (κ2) is 12.8. The van der Waals surface area contributed by atoms with Crippen molar-refractivity contribution in [2.45, 2.75) is 0 Å². The Kier molecular flexibility index (Phi) is 7.16. The molecule has 0 bridgehead atoms. The van der Waals surface area contributed by atoms with Crippen LogP contribution in [0.3, 0.4) is 0 Å². The van der Waals surface area contributed by atoms with Gasteiger partial charge in [0, 0.05) is 43.8 Å². The first kappa shape index (κ1) is 32.4. The number of furan rings is 2. The van der Waals surface area contributed by atoms with Crippen molar-refractivity contribution in [2.24, 2.45) is 0 Å². The minimum Gasteiger partial charge on any atom is -0.456 e. The molecule has 5 nitrogen and oxygen atoms in total. The van der Waals surface area contributed by atoms with E-state index >= 15 is 0 Å². The first-order chi connectivity index (χ1) is 28.7. The maximum absolute atomic E-state index is 6.42. The summed E-state index contributed by atoms with van der Waals surface area (Å²) in [6, 6.07) is 65.3. The van der Waals surface area contributed by atoms with Crippen LogP contribution in [0.4, 0.5) is 0 Å². The standard InChI is InChI=1S/C53H31N3O2/c1-3-12-36-30-38(26-20-32(36)10-1)40-28-29-47-50(42-15-6-8-18-45(42)58-47)48(40)34-22-24-35(25-23-34)51-54-52(39-27-21-33-11-2-4-13-37(33)31-39)56-53(55-51)43-16-9-19-46-49(43)41-14-5-7-17-44(41)57-46/h1-31H. The highest BCUT2D eigenvalue weighted by Crippen LogP contribution is 2.44. The summed E-state index contributed by atoms with van der Waals surface area (Å²) in [7, 11) is 0. The number of aromatic nitrogens is 3. The molecule has 0 aliphatic carbocycles. The van der Waals surface area contributed by atoms with Gasteiger partial charge in [-0.15, -0.1) is 0 Å². The van der Waals surface area contributed by atoms with Crippen molar-refractivity contribution >= 4 is 65.4 Å². The zero-order chi connectivity index (χ0) is 38.2. The van der Waals surface area contributed by atoms with E-state index < -0.39 is 0 Å². The molecule has 0 saturated carbocycles. The van der Waals surface area contributed by atoms with E-state index in [2.05, 4.69) is 146 Å². The van der Waals surface area contributed by atoms with E-state index in [9.17, 15) is 0 Å². The van der Waals surface area contributed by atoms with Crippen molar-refractivity contribution in [2.75, 3.05) is 0 Å². The highest BCUT2D eigenvalue weighted by atomic mass is 16.3. The van der Waals surface area contributed by atoms with Crippen LogP contribution >= 0.6 is 0 Å². The van der Waals surface area contributed by atoms with Crippen molar-refractivity contribution in [1.82, 2.24) is 15.0 Å². The Morgan fingerprint density at radius 1 is 0.293 bits per heavy atom. The number of nitrogens with zero attached hydrogens (tertiary/aromatic N) is 3. The lowest BCUT2D eigenvalue weighted by Gasteiger charge is -2.14. The molecule has 0 aliphatic rings. The van der Waals surface area contributed by atoms with Crippen molar-refractivity contribution in [3.8, 4) is 56.4 Å². The minimum atomic E-state index is 0.586. The van der Waals surface area contributed by atoms with Crippen LogP contribution in [-0.4, -0.2) is 15.0 Å². The second-order valence-electron chi connectivity index (χ2n) is 14.7. The lowest BCUT2D eigenvalue weighted by atomic mass is 9.89. The van der Waals surface area contributed by atoms with Crippen LogP contribution in [0.25, 0.3) is 122 Å². The molecule has 0 atom stereocenters. The van der Waals surface area contributed by atoms with E-state index in [0.717, 1.165) is 93.6 Å². The molecule has 0 aliphatic heterocycles. The number of para-hydroxylation sites is 2. The third-order valence-electron chi connectivity index (χ3n) is 11.3. The van der Waals surface area contributed by atoms with E-state index in [1.165, 1.54) is 10.8 Å². The lowest BCUT2D eigenvalue weighted by Crippen LogP contribution is -2.00. The van der Waals surface area contributed by atoms with Gasteiger partial charge in [-0.25, -0.2) is 15.0 Å². The van der Waals surface area contributed by atoms with Crippen LogP contribution in [0, 0.1) is 0 Å². The Hall–Kier alpha value is -7.89. The molecule has 5 heteroatoms. The molecule has 12 rings (SSSR count). The first-order valence-electron chi connectivity index (χ1n) is 19.4. The van der Waals surface area contributed by atoms with Crippen molar-refractivity contribution in [3.63, 3.8) is 0 Å². The number of rotatable bonds is 5. The summed E-state index contributed by atoms with van der Waals surface area (Å²) in [4.78, 5) is 15.5. The van der Waals surface area contributed by atoms with Gasteiger partial charge in [0.2, 0.25) is 0 Å². The number of hydrogen-bond acceptors (Lipinski definition) is 5. The maximum Gasteiger partial charge on any atom is 0.164 e. The fraction of sp³-hybridized carbons (Fsp3) is 0. The molecule has 0 spiro atoms. The molecule has 3 aromatic heterocycles. The smallest absolute Gasteiger partial charge is 0.164 e. The monoisotopic (exact) mass is 741 g/mol. The molecule has 0 amide bonds. The molecule has 58 heavy (non-hydrogen) atoms. The van der Waals surface area contributed by atoms with Gasteiger partial charge in [0.15, 0.2) is 17.5 Å². The zero-order valence-electron chi connectivity index (χ0n) is 31.1. The fourth-order valence-corrected chi connectivity index (χ4v) is 8.54. The first-order valence-corrected chi connectivity index (χ1v) is 19.4. The molecular weight excluding hydrogens is 711 g/mol. The van der Waals surface area contributed by atoms with Crippen molar-refractivity contribution < 1.29 is 8.83 Å². The molecule has 270 valence electrons. The van der Waals surface area contributed by atoms with Gasteiger partial charge < -0.3 is 8.83 Å². The summed E-state index contributed by atoms with van der Waals surface area (Å²) < 4.78 is 12.7. The van der Waals surface area contributed by atoms with Gasteiger partial charge in [-0.3, -0.25) is 0 Å². The van der Waals surface area contributed by atoms with E-state index in [1.54, 1.807) is 0 Å². The van der Waals surface area contributed by atoms with Gasteiger partial charge in [-0.05, 0) is 74.6 Å². The van der Waals surface area contributed by atoms with E-state index in [4.69, 9.17) is 23.8 Å². The Labute approximate surface area is 332 Å². The average molecular weight is 742 g/mol. The molecule has 9 aromatic carbocycles. The van der Waals surface area contributed by atoms with Crippen LogP contribution in [0.1, 0.15) is 0 Å². The van der Waals surface area contributed by atoms with E-state index in [0.29, 0.717) is 17.5 Å². The maximum atomic E-state index is 6.42. The molecule has 0 saturated heterocycles. The fourth-order valence-electron chi connectivity index (χ4n) is 8.54. The number of fused-ring (bicyclic) bond motifs is 8. The van der Waals surface area contributed by atoms with Crippen LogP contribution in [0.15, 0.2) is 197 Å². The predicted octanol–water partition coefficient (Wildman–Crippen LogP) is 14.3. The van der Waals surface area contributed by atoms with E-state index in [1.807, 2.05) is 42.5 Å². The quantitative estimate of drug-likeness (QED) is 0.176. The van der Waals surface area contributed by atoms with Crippen LogP contribution < -0.4 is 0 Å². The van der Waals surface area contributed by atoms with Gasteiger partial charge in [-0.1, -0.05) is 152 Å². The molecule has 0 radical (unpaired) electrons. The molecule has 12 aromatic rings. The molecule has 3 heterocycles. The predicted molar refractivity (Wildman–Crippen MR) is 237 cm³/mol. The van der Waals surface area contributed by atoms with Gasteiger partial charge >= 0.3 is 0 Å². The summed E-state index contributed by atoms with van der Waals surface area (Å²) >= 11 is 0. The Morgan fingerprint density at radius 2 is 0.793 bits per heavy atom. The second-order valence-corrected chi connectivity index (χ2v) is 14.7. The third-order valence-corrected chi connectivity index (χ3v) is 11.3. The summed E-state index contributed by atoms with van der Waals surface area (Å²) in [6.45, 7) is 0. The zero-order valence-corrected chi connectivity index (χ0v) is 31.1. The molecular formula is C53H31N3O2. The van der Waals surface area contributed by atoms with Crippen molar-refractivity contribution in [1.29, 1.82) is 0 Å². The van der Waals surface area contributed by atoms with Gasteiger partial charge in [0.25, 0.3) is 0 Å². The van der Waals surface area contributed by atoms with Gasteiger partial charge in [-0.2, -0.15) is 0 Å². The van der Waals surface area contributed by atoms with E-state index in [-0.39, 0.29) is 0 Å². The number of benzene rings is 9. The highest BCUT2D eigenvalue weighted by molar-refractivity contribution is 6.16. The van der Waals surface area contributed by atoms with Crippen LogP contribution in [0.2, 0.25) is 0 Å². The lowest BCUT2D eigenvalue weighted by molar-refractivity contribution is 0.668. The summed E-state index contributed by atoms with van der Waals surface area (Å²) in [5.74, 6) is 1.78. The normalized spacial score (nSPS) is 11.8. The summed E-state index contributed by atoms with van der Waals surface area (Å²) in [5.41, 5.74) is 10.5. The molecule has 0 N–H and O–H groups in total. The van der Waals surface area contributed by atoms with Gasteiger partial charge in [0.1, 0.15) is 22.3 Å². The average Bonchev–Trinajstić information content (AvgIpc) is 3.87. The Bertz CT molecular complexity index is 3580. The SMILES string of the molecule is c1ccc2cc(-c3nc(-c4ccc(-c5c(-c6ccc7ccccc7c6)ccc6oc7ccccc7c56)cc4)nc(-c4cccc5oc6ccccc6c45)n3)ccc2c1. The number of hydrogen-bond donors (Lipinski definition) is 0. The highest BCUT2D eigenvalue weighted by Gasteiger charge is 2.20. The summed E-state index contributed by atoms with van der Waals surface area (Å²) in [5, 5.41) is 8.88. The largest absolute Gasteiger partial charge is 0.456 e. The Balaban J connectivity index is 1.05. The Morgan fingerprint density at radius 3 is 1.50 bits per heavy atom. The molecule has 0 unspecified atom stereocenters.